The van der Waals surface area contributed by atoms with Gasteiger partial charge in [-0.15, -0.1) is 0 Å². The molecule has 1 amide bonds. The highest BCUT2D eigenvalue weighted by Gasteiger charge is 2.34. The monoisotopic (exact) mass is 315 g/mol. The lowest BCUT2D eigenvalue weighted by Gasteiger charge is -2.23. The van der Waals surface area contributed by atoms with Crippen LogP contribution in [0.3, 0.4) is 0 Å². The summed E-state index contributed by atoms with van der Waals surface area (Å²) in [4.78, 5) is 17.5. The van der Waals surface area contributed by atoms with E-state index in [9.17, 15) is 17.6 Å². The molecule has 0 saturated carbocycles. The number of aromatic nitrogens is 1. The van der Waals surface area contributed by atoms with Gasteiger partial charge in [0.15, 0.2) is 21.5 Å². The van der Waals surface area contributed by atoms with Crippen molar-refractivity contribution in [3.05, 3.63) is 23.6 Å². The molecule has 1 aromatic heterocycles. The maximum absolute atomic E-state index is 14.2. The van der Waals surface area contributed by atoms with Gasteiger partial charge in [0.2, 0.25) is 0 Å². The van der Waals surface area contributed by atoms with Crippen molar-refractivity contribution in [2.75, 3.05) is 30.4 Å². The van der Waals surface area contributed by atoms with Crippen LogP contribution < -0.4 is 5.32 Å². The normalized spacial score (nSPS) is 20.2. The molecule has 1 aromatic rings. The van der Waals surface area contributed by atoms with Crippen LogP contribution in [0.5, 0.6) is 0 Å². The number of amides is 1. The van der Waals surface area contributed by atoms with Crippen molar-refractivity contribution in [3.63, 3.8) is 0 Å². The Hall–Kier alpha value is -1.70. The summed E-state index contributed by atoms with van der Waals surface area (Å²) >= 11 is 0. The zero-order valence-corrected chi connectivity index (χ0v) is 12.8. The van der Waals surface area contributed by atoms with Gasteiger partial charge in [0, 0.05) is 25.8 Å². The molecule has 1 N–H and O–H groups in total. The van der Waals surface area contributed by atoms with Gasteiger partial charge in [-0.25, -0.2) is 17.8 Å². The van der Waals surface area contributed by atoms with Crippen LogP contribution in [-0.2, 0) is 9.84 Å². The Bertz CT molecular complexity index is 648. The highest BCUT2D eigenvalue weighted by Crippen LogP contribution is 2.21. The third kappa shape index (κ3) is 3.31. The van der Waals surface area contributed by atoms with E-state index in [2.05, 4.69) is 10.3 Å². The molecule has 6 nitrogen and oxygen atoms in total. The molecule has 1 aliphatic heterocycles. The lowest BCUT2D eigenvalue weighted by atomic mass is 10.1. The molecule has 21 heavy (non-hydrogen) atoms. The lowest BCUT2D eigenvalue weighted by molar-refractivity contribution is 0.0743. The largest absolute Gasteiger partial charge is 0.368 e. The fourth-order valence-corrected chi connectivity index (χ4v) is 4.11. The predicted octanol–water partition coefficient (Wildman–Crippen LogP) is 0.912. The summed E-state index contributed by atoms with van der Waals surface area (Å²) in [5.41, 5.74) is -0.104. The van der Waals surface area contributed by atoms with Crippen LogP contribution in [0.2, 0.25) is 0 Å². The van der Waals surface area contributed by atoms with Crippen molar-refractivity contribution in [1.29, 1.82) is 0 Å². The van der Waals surface area contributed by atoms with Gasteiger partial charge in [0.05, 0.1) is 17.1 Å². The van der Waals surface area contributed by atoms with Gasteiger partial charge in [-0.1, -0.05) is 0 Å². The van der Waals surface area contributed by atoms with Crippen LogP contribution in [-0.4, -0.2) is 55.3 Å². The van der Waals surface area contributed by atoms with Gasteiger partial charge >= 0.3 is 0 Å². The standard InChI is InChI=1S/C13H18FN3O3S/c1-3-15-12-11(14)10(4-6-16-12)13(18)17(2)9-5-7-21(19,20)8-9/h4,6,9H,3,5,7-8H2,1-2H3,(H,15,16). The van der Waals surface area contributed by atoms with Gasteiger partial charge in [0.25, 0.3) is 5.91 Å². The van der Waals surface area contributed by atoms with E-state index in [0.29, 0.717) is 13.0 Å². The Labute approximate surface area is 123 Å². The molecule has 0 radical (unpaired) electrons. The first-order chi connectivity index (χ1) is 9.85. The van der Waals surface area contributed by atoms with Gasteiger partial charge in [-0.05, 0) is 19.4 Å². The number of sulfone groups is 1. The molecule has 0 bridgehead atoms. The summed E-state index contributed by atoms with van der Waals surface area (Å²) in [6.07, 6.45) is 1.74. The molecule has 0 spiro atoms. The summed E-state index contributed by atoms with van der Waals surface area (Å²) < 4.78 is 37.2. The summed E-state index contributed by atoms with van der Waals surface area (Å²) in [6, 6.07) is 0.899. The topological polar surface area (TPSA) is 79.4 Å². The van der Waals surface area contributed by atoms with Crippen LogP contribution in [0.25, 0.3) is 0 Å². The fraction of sp³-hybridized carbons (Fsp3) is 0.538. The van der Waals surface area contributed by atoms with Crippen LogP contribution in [0.15, 0.2) is 12.3 Å². The van der Waals surface area contributed by atoms with Gasteiger partial charge < -0.3 is 10.2 Å². The quantitative estimate of drug-likeness (QED) is 0.893. The van der Waals surface area contributed by atoms with E-state index in [0.717, 1.165) is 0 Å². The highest BCUT2D eigenvalue weighted by molar-refractivity contribution is 7.91. The van der Waals surface area contributed by atoms with E-state index in [1.165, 1.54) is 24.2 Å². The second-order valence-electron chi connectivity index (χ2n) is 5.02. The second-order valence-corrected chi connectivity index (χ2v) is 7.25. The average Bonchev–Trinajstić information content (AvgIpc) is 2.80. The van der Waals surface area contributed by atoms with Crippen LogP contribution in [0.1, 0.15) is 23.7 Å². The van der Waals surface area contributed by atoms with E-state index in [1.807, 2.05) is 0 Å². The summed E-state index contributed by atoms with van der Waals surface area (Å²) in [5, 5.41) is 2.74. The third-order valence-corrected chi connectivity index (χ3v) is 5.29. The first-order valence-electron chi connectivity index (χ1n) is 6.71. The summed E-state index contributed by atoms with van der Waals surface area (Å²) in [5.74, 6) is -1.22. The number of hydrogen-bond donors (Lipinski definition) is 1. The minimum atomic E-state index is -3.10. The number of pyridine rings is 1. The molecular weight excluding hydrogens is 297 g/mol. The number of nitrogens with one attached hydrogen (secondary N) is 1. The lowest BCUT2D eigenvalue weighted by Crippen LogP contribution is -2.38. The molecule has 1 saturated heterocycles. The number of rotatable bonds is 4. The van der Waals surface area contributed by atoms with E-state index in [1.54, 1.807) is 6.92 Å². The number of carbonyl (C=O) groups is 1. The van der Waals surface area contributed by atoms with E-state index < -0.39 is 27.6 Å². The zero-order chi connectivity index (χ0) is 15.6. The molecule has 2 rings (SSSR count). The first-order valence-corrected chi connectivity index (χ1v) is 8.54. The number of nitrogens with zero attached hydrogens (tertiary/aromatic N) is 2. The predicted molar refractivity (Wildman–Crippen MR) is 77.5 cm³/mol. The Morgan fingerprint density at radius 1 is 1.57 bits per heavy atom. The number of hydrogen-bond acceptors (Lipinski definition) is 5. The average molecular weight is 315 g/mol. The van der Waals surface area contributed by atoms with Crippen LogP contribution in [0.4, 0.5) is 10.2 Å². The Morgan fingerprint density at radius 3 is 2.86 bits per heavy atom. The van der Waals surface area contributed by atoms with Crippen molar-refractivity contribution >= 4 is 21.6 Å². The molecule has 1 aliphatic rings. The molecular formula is C13H18FN3O3S. The van der Waals surface area contributed by atoms with Crippen molar-refractivity contribution < 1.29 is 17.6 Å². The Morgan fingerprint density at radius 2 is 2.29 bits per heavy atom. The maximum Gasteiger partial charge on any atom is 0.257 e. The van der Waals surface area contributed by atoms with Crippen molar-refractivity contribution in [2.45, 2.75) is 19.4 Å². The van der Waals surface area contributed by atoms with Crippen LogP contribution in [0, 0.1) is 5.82 Å². The van der Waals surface area contributed by atoms with Crippen molar-refractivity contribution in [3.8, 4) is 0 Å². The van der Waals surface area contributed by atoms with Gasteiger partial charge in [-0.3, -0.25) is 4.79 Å². The van der Waals surface area contributed by atoms with E-state index in [-0.39, 0.29) is 22.9 Å². The second kappa shape index (κ2) is 5.97. The minimum absolute atomic E-state index is 0.0239. The van der Waals surface area contributed by atoms with Crippen molar-refractivity contribution in [2.24, 2.45) is 0 Å². The first kappa shape index (κ1) is 15.7. The summed E-state index contributed by atoms with van der Waals surface area (Å²) in [6.45, 7) is 2.28. The third-order valence-electron chi connectivity index (χ3n) is 3.54. The fourth-order valence-electron chi connectivity index (χ4n) is 2.34. The molecule has 8 heteroatoms. The van der Waals surface area contributed by atoms with Gasteiger partial charge in [0.1, 0.15) is 0 Å². The van der Waals surface area contributed by atoms with Crippen LogP contribution >= 0.6 is 0 Å². The molecule has 1 fully saturated rings. The number of halogens is 1. The SMILES string of the molecule is CCNc1nccc(C(=O)N(C)C2CCS(=O)(=O)C2)c1F. The Balaban J connectivity index is 2.22. The number of anilines is 1. The number of carbonyl (C=O) groups excluding carboxylic acids is 1. The zero-order valence-electron chi connectivity index (χ0n) is 12.0. The molecule has 0 aromatic carbocycles. The summed E-state index contributed by atoms with van der Waals surface area (Å²) in [7, 11) is -1.59. The van der Waals surface area contributed by atoms with E-state index >= 15 is 0 Å². The molecule has 1 atom stereocenters. The molecule has 2 heterocycles. The minimum Gasteiger partial charge on any atom is -0.368 e. The highest BCUT2D eigenvalue weighted by atomic mass is 32.2. The Kier molecular flexibility index (Phi) is 4.46. The van der Waals surface area contributed by atoms with E-state index in [4.69, 9.17) is 0 Å². The molecule has 0 aliphatic carbocycles. The molecule has 1 unspecified atom stereocenters. The maximum atomic E-state index is 14.2. The van der Waals surface area contributed by atoms with Crippen molar-refractivity contribution in [1.82, 2.24) is 9.88 Å². The smallest absolute Gasteiger partial charge is 0.257 e. The molecule has 116 valence electrons. The van der Waals surface area contributed by atoms with Gasteiger partial charge in [-0.2, -0.15) is 0 Å².